The number of piperazine rings is 1. The van der Waals surface area contributed by atoms with Gasteiger partial charge in [-0.15, -0.1) is 0 Å². The Morgan fingerprint density at radius 2 is 1.69 bits per heavy atom. The molecule has 3 aromatic heterocycles. The number of nitrogens with zero attached hydrogens (tertiary/aromatic N) is 6. The molecular formula is C29H32F2N6O2. The molecule has 1 saturated heterocycles. The van der Waals surface area contributed by atoms with E-state index in [1.807, 2.05) is 25.7 Å². The molecule has 0 spiro atoms. The molecule has 0 aliphatic carbocycles. The molecule has 39 heavy (non-hydrogen) atoms. The minimum Gasteiger partial charge on any atom is -0.507 e. The van der Waals surface area contributed by atoms with E-state index in [2.05, 4.69) is 33.7 Å². The summed E-state index contributed by atoms with van der Waals surface area (Å²) < 4.78 is 31.9. The molecule has 8 nitrogen and oxygen atoms in total. The summed E-state index contributed by atoms with van der Waals surface area (Å²) in [5.74, 6) is -1.81. The summed E-state index contributed by atoms with van der Waals surface area (Å²) in [6, 6.07) is 7.12. The lowest BCUT2D eigenvalue weighted by atomic mass is 10.0. The highest BCUT2D eigenvalue weighted by Gasteiger charge is 2.27. The third kappa shape index (κ3) is 4.73. The van der Waals surface area contributed by atoms with Crippen LogP contribution >= 0.6 is 0 Å². The highest BCUT2D eigenvalue weighted by Crippen LogP contribution is 2.36. The molecule has 1 aliphatic heterocycles. The molecule has 0 saturated carbocycles. The Balaban J connectivity index is 1.83. The van der Waals surface area contributed by atoms with Crippen molar-refractivity contribution in [3.8, 4) is 22.7 Å². The molecule has 0 atom stereocenters. The minimum absolute atomic E-state index is 0.0406. The van der Waals surface area contributed by atoms with Crippen LogP contribution in [0.4, 0.5) is 14.6 Å². The first-order valence-corrected chi connectivity index (χ1v) is 13.1. The Bertz CT molecular complexity index is 1590. The zero-order valence-electron chi connectivity index (χ0n) is 22.7. The molecule has 0 amide bonds. The van der Waals surface area contributed by atoms with Crippen molar-refractivity contribution in [2.45, 2.75) is 46.6 Å². The van der Waals surface area contributed by atoms with E-state index in [4.69, 9.17) is 0 Å². The number of pyridine rings is 2. The average Bonchev–Trinajstić information content (AvgIpc) is 2.89. The Morgan fingerprint density at radius 1 is 0.974 bits per heavy atom. The van der Waals surface area contributed by atoms with Crippen molar-refractivity contribution < 1.29 is 13.9 Å². The van der Waals surface area contributed by atoms with Crippen LogP contribution in [0, 0.1) is 18.6 Å². The summed E-state index contributed by atoms with van der Waals surface area (Å²) in [4.78, 5) is 31.6. The lowest BCUT2D eigenvalue weighted by Gasteiger charge is -2.37. The van der Waals surface area contributed by atoms with Crippen LogP contribution in [-0.2, 0) is 0 Å². The molecule has 4 heterocycles. The number of aromatic nitrogens is 4. The third-order valence-electron chi connectivity index (χ3n) is 7.30. The van der Waals surface area contributed by atoms with Gasteiger partial charge < -0.3 is 10.0 Å². The monoisotopic (exact) mass is 534 g/mol. The Kier molecular flexibility index (Phi) is 7.07. The maximum absolute atomic E-state index is 15.7. The van der Waals surface area contributed by atoms with Crippen molar-refractivity contribution in [3.05, 3.63) is 69.9 Å². The van der Waals surface area contributed by atoms with Gasteiger partial charge in [-0.1, -0.05) is 19.9 Å². The van der Waals surface area contributed by atoms with Gasteiger partial charge in [0.05, 0.1) is 22.3 Å². The van der Waals surface area contributed by atoms with Gasteiger partial charge >= 0.3 is 5.69 Å². The van der Waals surface area contributed by atoms with Crippen molar-refractivity contribution in [2.75, 3.05) is 31.1 Å². The number of rotatable bonds is 5. The predicted molar refractivity (Wildman–Crippen MR) is 148 cm³/mol. The fraction of sp³-hybridized carbons (Fsp3) is 0.379. The van der Waals surface area contributed by atoms with Crippen LogP contribution < -0.4 is 10.6 Å². The normalized spacial score (nSPS) is 14.6. The first-order chi connectivity index (χ1) is 18.6. The molecule has 1 N–H and O–H groups in total. The number of benzene rings is 1. The van der Waals surface area contributed by atoms with Gasteiger partial charge in [0.25, 0.3) is 0 Å². The number of fused-ring (bicyclic) bond motifs is 1. The van der Waals surface area contributed by atoms with E-state index in [9.17, 15) is 14.3 Å². The highest BCUT2D eigenvalue weighted by molar-refractivity contribution is 5.90. The fourth-order valence-electron chi connectivity index (χ4n) is 5.21. The zero-order chi connectivity index (χ0) is 28.0. The van der Waals surface area contributed by atoms with Crippen molar-refractivity contribution in [1.82, 2.24) is 24.4 Å². The zero-order valence-corrected chi connectivity index (χ0v) is 22.7. The molecule has 204 valence electrons. The summed E-state index contributed by atoms with van der Waals surface area (Å²) in [5.41, 5.74) is 0.693. The summed E-state index contributed by atoms with van der Waals surface area (Å²) in [5, 5.41) is 10.7. The van der Waals surface area contributed by atoms with Crippen molar-refractivity contribution >= 4 is 16.9 Å². The molecule has 10 heteroatoms. The van der Waals surface area contributed by atoms with Gasteiger partial charge in [0.2, 0.25) is 0 Å². The van der Waals surface area contributed by atoms with E-state index in [1.54, 1.807) is 12.3 Å². The predicted octanol–water partition coefficient (Wildman–Crippen LogP) is 4.79. The van der Waals surface area contributed by atoms with Gasteiger partial charge in [-0.05, 0) is 56.5 Å². The van der Waals surface area contributed by atoms with Crippen LogP contribution in [0.5, 0.6) is 5.75 Å². The Hall–Kier alpha value is -3.92. The largest absolute Gasteiger partial charge is 0.507 e. The summed E-state index contributed by atoms with van der Waals surface area (Å²) in [6.07, 6.45) is 1.67. The minimum atomic E-state index is -0.830. The Labute approximate surface area is 225 Å². The number of halogens is 2. The second kappa shape index (κ2) is 10.3. The van der Waals surface area contributed by atoms with E-state index in [1.165, 1.54) is 22.8 Å². The second-order valence-corrected chi connectivity index (χ2v) is 10.5. The molecule has 0 unspecified atom stereocenters. The number of hydrogen-bond donors (Lipinski definition) is 1. The summed E-state index contributed by atoms with van der Waals surface area (Å²) >= 11 is 0. The summed E-state index contributed by atoms with van der Waals surface area (Å²) in [7, 11) is 0. The van der Waals surface area contributed by atoms with E-state index in [0.29, 0.717) is 41.7 Å². The van der Waals surface area contributed by atoms with Crippen molar-refractivity contribution in [3.63, 3.8) is 0 Å². The highest BCUT2D eigenvalue weighted by atomic mass is 19.1. The van der Waals surface area contributed by atoms with Crippen LogP contribution in [0.3, 0.4) is 0 Å². The average molecular weight is 535 g/mol. The molecule has 1 fully saturated rings. The Morgan fingerprint density at radius 3 is 2.33 bits per heavy atom. The molecule has 4 aromatic rings. The smallest absolute Gasteiger partial charge is 0.355 e. The third-order valence-corrected chi connectivity index (χ3v) is 7.30. The number of hydrogen-bond acceptors (Lipinski definition) is 7. The second-order valence-electron chi connectivity index (χ2n) is 10.5. The molecule has 5 rings (SSSR count). The lowest BCUT2D eigenvalue weighted by Crippen LogP contribution is -2.49. The maximum atomic E-state index is 15.7. The lowest BCUT2D eigenvalue weighted by molar-refractivity contribution is 0.209. The summed E-state index contributed by atoms with van der Waals surface area (Å²) in [6.45, 7) is 12.8. The van der Waals surface area contributed by atoms with Gasteiger partial charge in [0, 0.05) is 38.4 Å². The first kappa shape index (κ1) is 26.7. The van der Waals surface area contributed by atoms with Crippen LogP contribution in [0.25, 0.3) is 28.0 Å². The van der Waals surface area contributed by atoms with Crippen LogP contribution in [0.1, 0.15) is 44.9 Å². The van der Waals surface area contributed by atoms with E-state index < -0.39 is 23.1 Å². The first-order valence-electron chi connectivity index (χ1n) is 13.1. The number of phenols is 1. The fourth-order valence-corrected chi connectivity index (χ4v) is 5.21. The number of phenolic OH excluding ortho intramolecular Hbond substituents is 1. The van der Waals surface area contributed by atoms with E-state index in [0.717, 1.165) is 24.7 Å². The van der Waals surface area contributed by atoms with Crippen LogP contribution in [0.15, 0.2) is 41.3 Å². The van der Waals surface area contributed by atoms with Gasteiger partial charge in [0.15, 0.2) is 11.5 Å². The molecule has 1 aromatic carbocycles. The molecule has 1 aliphatic rings. The molecular weight excluding hydrogens is 502 g/mol. The quantitative estimate of drug-likeness (QED) is 0.394. The van der Waals surface area contributed by atoms with Gasteiger partial charge in [-0.25, -0.2) is 23.1 Å². The standard InChI is InChI=1S/C29H32F2N6O2/c1-16(2)24-26(18(5)9-10-32-24)37-28-19(15-21(31)25(33-28)23-20(30)7-6-8-22(23)38)27(34-29(37)39)36-13-11-35(12-14-36)17(3)4/h6-10,15-17,38H,11-14H2,1-5H3. The van der Waals surface area contributed by atoms with Crippen LogP contribution in [-0.4, -0.2) is 61.7 Å². The maximum Gasteiger partial charge on any atom is 0.355 e. The number of anilines is 1. The van der Waals surface area contributed by atoms with Gasteiger partial charge in [-0.2, -0.15) is 4.98 Å². The number of aryl methyl sites for hydroxylation is 1. The van der Waals surface area contributed by atoms with E-state index in [-0.39, 0.29) is 22.8 Å². The molecule has 0 bridgehead atoms. The molecule has 0 radical (unpaired) electrons. The number of aromatic hydroxyl groups is 1. The van der Waals surface area contributed by atoms with E-state index >= 15 is 4.39 Å². The van der Waals surface area contributed by atoms with Crippen molar-refractivity contribution in [2.24, 2.45) is 0 Å². The topological polar surface area (TPSA) is 87.4 Å². The van der Waals surface area contributed by atoms with Crippen LogP contribution in [0.2, 0.25) is 0 Å². The van der Waals surface area contributed by atoms with Gasteiger partial charge in [-0.3, -0.25) is 9.88 Å². The SMILES string of the molecule is Cc1ccnc(C(C)C)c1-n1c(=O)nc(N2CCN(C(C)C)CC2)c2cc(F)c(-c3c(O)cccc3F)nc21. The van der Waals surface area contributed by atoms with Crippen molar-refractivity contribution in [1.29, 1.82) is 0 Å². The van der Waals surface area contributed by atoms with Gasteiger partial charge in [0.1, 0.15) is 23.1 Å².